The number of anilines is 1. The molecule has 2 amide bonds. The maximum atomic E-state index is 13.1. The minimum absolute atomic E-state index is 0.0313. The van der Waals surface area contributed by atoms with Crippen molar-refractivity contribution in [1.29, 1.82) is 0 Å². The van der Waals surface area contributed by atoms with Gasteiger partial charge in [-0.05, 0) is 67.2 Å². The van der Waals surface area contributed by atoms with Gasteiger partial charge in [-0.1, -0.05) is 40.2 Å². The summed E-state index contributed by atoms with van der Waals surface area (Å²) >= 11 is 8.64. The van der Waals surface area contributed by atoms with Crippen molar-refractivity contribution in [2.45, 2.75) is 6.92 Å². The third-order valence-electron chi connectivity index (χ3n) is 4.55. The number of aryl methyl sites for hydroxylation is 1. The average Bonchev–Trinajstić information content (AvgIpc) is 3.06. The van der Waals surface area contributed by atoms with Crippen LogP contribution < -0.4 is 10.2 Å². The zero-order valence-electron chi connectivity index (χ0n) is 15.4. The Bertz CT molecular complexity index is 1170. The fourth-order valence-electron chi connectivity index (χ4n) is 3.22. The first-order chi connectivity index (χ1) is 13.9. The molecule has 5 nitrogen and oxygen atoms in total. The third-order valence-corrected chi connectivity index (χ3v) is 5.33. The molecule has 2 heterocycles. The highest BCUT2D eigenvalue weighted by Crippen LogP contribution is 2.25. The minimum atomic E-state index is -0.503. The molecule has 0 bridgehead atoms. The lowest BCUT2D eigenvalue weighted by atomic mass is 10.1. The Kier molecular flexibility index (Phi) is 5.17. The first-order valence-corrected chi connectivity index (χ1v) is 10.1. The third kappa shape index (κ3) is 3.79. The minimum Gasteiger partial charge on any atom is -0.321 e. The number of carbonyl (C=O) groups excluding carboxylic acids is 2. The van der Waals surface area contributed by atoms with Gasteiger partial charge in [-0.25, -0.2) is 0 Å². The standard InChI is InChI=1S/C22H16BrN3O2S/c1-14-10-15(13-25(14)17-7-3-2-4-8-17)11-19-20(27)24-22(29)26(21(19)28)18-9-5-6-16(23)12-18/h2-13H,1H3,(H,24,27,29)/b19-11-. The number of para-hydroxylation sites is 1. The summed E-state index contributed by atoms with van der Waals surface area (Å²) in [5.41, 5.74) is 3.37. The summed E-state index contributed by atoms with van der Waals surface area (Å²) in [6.45, 7) is 1.97. The molecular formula is C22H16BrN3O2S. The number of benzene rings is 2. The summed E-state index contributed by atoms with van der Waals surface area (Å²) in [5, 5.41) is 2.67. The molecule has 0 unspecified atom stereocenters. The number of hydrogen-bond acceptors (Lipinski definition) is 3. The number of rotatable bonds is 3. The van der Waals surface area contributed by atoms with Gasteiger partial charge in [-0.3, -0.25) is 19.8 Å². The van der Waals surface area contributed by atoms with Crippen LogP contribution in [-0.2, 0) is 9.59 Å². The Hall–Kier alpha value is -3.03. The molecule has 7 heteroatoms. The van der Waals surface area contributed by atoms with Crippen molar-refractivity contribution < 1.29 is 9.59 Å². The van der Waals surface area contributed by atoms with Gasteiger partial charge in [0.25, 0.3) is 11.8 Å². The molecule has 1 fully saturated rings. The number of carbonyl (C=O) groups is 2. The van der Waals surface area contributed by atoms with Crippen LogP contribution in [0.1, 0.15) is 11.3 Å². The highest BCUT2D eigenvalue weighted by atomic mass is 79.9. The zero-order chi connectivity index (χ0) is 20.5. The van der Waals surface area contributed by atoms with Crippen LogP contribution in [-0.4, -0.2) is 21.5 Å². The van der Waals surface area contributed by atoms with Gasteiger partial charge < -0.3 is 4.57 Å². The second kappa shape index (κ2) is 7.77. The molecule has 1 aromatic heterocycles. The van der Waals surface area contributed by atoms with Crippen LogP contribution >= 0.6 is 28.1 Å². The van der Waals surface area contributed by atoms with Crippen molar-refractivity contribution in [2.75, 3.05) is 4.90 Å². The molecule has 4 rings (SSSR count). The molecule has 1 saturated heterocycles. The summed E-state index contributed by atoms with van der Waals surface area (Å²) in [6.07, 6.45) is 3.49. The molecule has 0 spiro atoms. The van der Waals surface area contributed by atoms with Gasteiger partial charge in [0.15, 0.2) is 5.11 Å². The number of aromatic nitrogens is 1. The lowest BCUT2D eigenvalue weighted by molar-refractivity contribution is -0.122. The maximum Gasteiger partial charge on any atom is 0.270 e. The molecule has 0 radical (unpaired) electrons. The maximum absolute atomic E-state index is 13.1. The van der Waals surface area contributed by atoms with Crippen LogP contribution in [0.3, 0.4) is 0 Å². The molecular weight excluding hydrogens is 450 g/mol. The summed E-state index contributed by atoms with van der Waals surface area (Å²) in [5.74, 6) is -0.960. The highest BCUT2D eigenvalue weighted by molar-refractivity contribution is 9.10. The summed E-state index contributed by atoms with van der Waals surface area (Å²) < 4.78 is 2.82. The Morgan fingerprint density at radius 2 is 1.72 bits per heavy atom. The lowest BCUT2D eigenvalue weighted by Gasteiger charge is -2.29. The van der Waals surface area contributed by atoms with E-state index in [0.717, 1.165) is 21.4 Å². The quantitative estimate of drug-likeness (QED) is 0.354. The fraction of sp³-hybridized carbons (Fsp3) is 0.0455. The Morgan fingerprint density at radius 3 is 2.45 bits per heavy atom. The van der Waals surface area contributed by atoms with Gasteiger partial charge >= 0.3 is 0 Å². The van der Waals surface area contributed by atoms with Crippen molar-refractivity contribution >= 4 is 56.8 Å². The molecule has 3 aromatic rings. The van der Waals surface area contributed by atoms with Crippen molar-refractivity contribution in [1.82, 2.24) is 9.88 Å². The van der Waals surface area contributed by atoms with Crippen LogP contribution in [0.25, 0.3) is 11.8 Å². The van der Waals surface area contributed by atoms with Gasteiger partial charge in [-0.15, -0.1) is 0 Å². The van der Waals surface area contributed by atoms with Crippen molar-refractivity contribution in [3.8, 4) is 5.69 Å². The first-order valence-electron chi connectivity index (χ1n) is 8.85. The van der Waals surface area contributed by atoms with E-state index in [1.807, 2.05) is 60.2 Å². The zero-order valence-corrected chi connectivity index (χ0v) is 17.8. The SMILES string of the molecule is Cc1cc(/C=C2/C(=O)NC(=S)N(c3cccc(Br)c3)C2=O)cn1-c1ccccc1. The molecule has 1 aliphatic rings. The second-order valence-electron chi connectivity index (χ2n) is 6.56. The number of nitrogens with one attached hydrogen (secondary N) is 1. The topological polar surface area (TPSA) is 54.3 Å². The molecule has 1 N–H and O–H groups in total. The van der Waals surface area contributed by atoms with Gasteiger partial charge in [0, 0.05) is 22.1 Å². The van der Waals surface area contributed by atoms with Crippen LogP contribution in [0.15, 0.2) is 76.9 Å². The summed E-state index contributed by atoms with van der Waals surface area (Å²) in [6, 6.07) is 19.0. The van der Waals surface area contributed by atoms with E-state index in [1.165, 1.54) is 4.90 Å². The van der Waals surface area contributed by atoms with E-state index in [4.69, 9.17) is 12.2 Å². The molecule has 0 atom stereocenters. The predicted octanol–water partition coefficient (Wildman–Crippen LogP) is 4.38. The van der Waals surface area contributed by atoms with Crippen molar-refractivity contribution in [2.24, 2.45) is 0 Å². The van der Waals surface area contributed by atoms with E-state index in [2.05, 4.69) is 21.2 Å². The smallest absolute Gasteiger partial charge is 0.270 e. The van der Waals surface area contributed by atoms with E-state index in [-0.39, 0.29) is 10.7 Å². The second-order valence-corrected chi connectivity index (χ2v) is 7.86. The van der Waals surface area contributed by atoms with Gasteiger partial charge in [0.1, 0.15) is 5.57 Å². The van der Waals surface area contributed by atoms with Gasteiger partial charge in [0.2, 0.25) is 0 Å². The molecule has 2 aromatic carbocycles. The Balaban J connectivity index is 1.72. The van der Waals surface area contributed by atoms with E-state index < -0.39 is 11.8 Å². The number of halogens is 1. The highest BCUT2D eigenvalue weighted by Gasteiger charge is 2.34. The van der Waals surface area contributed by atoms with Crippen LogP contribution in [0.4, 0.5) is 5.69 Å². The average molecular weight is 466 g/mol. The van der Waals surface area contributed by atoms with E-state index in [0.29, 0.717) is 5.69 Å². The van der Waals surface area contributed by atoms with Crippen LogP contribution in [0.5, 0.6) is 0 Å². The predicted molar refractivity (Wildman–Crippen MR) is 121 cm³/mol. The lowest BCUT2D eigenvalue weighted by Crippen LogP contribution is -2.54. The largest absolute Gasteiger partial charge is 0.321 e. The Labute approximate surface area is 181 Å². The Morgan fingerprint density at radius 1 is 1.00 bits per heavy atom. The fourth-order valence-corrected chi connectivity index (χ4v) is 3.89. The summed E-state index contributed by atoms with van der Waals surface area (Å²) in [7, 11) is 0. The normalized spacial score (nSPS) is 15.7. The number of hydrogen-bond donors (Lipinski definition) is 1. The van der Waals surface area contributed by atoms with Gasteiger partial charge in [0.05, 0.1) is 5.69 Å². The number of amides is 2. The molecule has 0 saturated carbocycles. The van der Waals surface area contributed by atoms with Crippen LogP contribution in [0.2, 0.25) is 0 Å². The van der Waals surface area contributed by atoms with E-state index >= 15 is 0 Å². The first kappa shape index (κ1) is 19.3. The molecule has 1 aliphatic heterocycles. The van der Waals surface area contributed by atoms with Crippen LogP contribution in [0, 0.1) is 6.92 Å². The van der Waals surface area contributed by atoms with E-state index in [1.54, 1.807) is 24.3 Å². The van der Waals surface area contributed by atoms with E-state index in [9.17, 15) is 9.59 Å². The number of thiocarbonyl (C=S) groups is 1. The number of nitrogens with zero attached hydrogens (tertiary/aromatic N) is 2. The molecule has 144 valence electrons. The monoisotopic (exact) mass is 465 g/mol. The summed E-state index contributed by atoms with van der Waals surface area (Å²) in [4.78, 5) is 26.9. The van der Waals surface area contributed by atoms with Crippen molar-refractivity contribution in [3.05, 3.63) is 88.2 Å². The molecule has 29 heavy (non-hydrogen) atoms. The molecule has 0 aliphatic carbocycles. The van der Waals surface area contributed by atoms with Crippen molar-refractivity contribution in [3.63, 3.8) is 0 Å². The van der Waals surface area contributed by atoms with Gasteiger partial charge in [-0.2, -0.15) is 0 Å².